The molecule has 0 radical (unpaired) electrons. The molecule has 1 aliphatic heterocycles. The van der Waals surface area contributed by atoms with Gasteiger partial charge in [0.1, 0.15) is 11.6 Å². The van der Waals surface area contributed by atoms with E-state index < -0.39 is 5.91 Å². The lowest BCUT2D eigenvalue weighted by atomic mass is 9.87. The highest BCUT2D eigenvalue weighted by atomic mass is 35.5. The number of para-hydroxylation sites is 1. The summed E-state index contributed by atoms with van der Waals surface area (Å²) in [6.07, 6.45) is 4.77. The van der Waals surface area contributed by atoms with Gasteiger partial charge >= 0.3 is 0 Å². The molecule has 0 unspecified atom stereocenters. The first kappa shape index (κ1) is 22.9. The van der Waals surface area contributed by atoms with E-state index in [1.54, 1.807) is 24.3 Å². The second-order valence-corrected chi connectivity index (χ2v) is 8.94. The van der Waals surface area contributed by atoms with E-state index in [4.69, 9.17) is 23.2 Å². The van der Waals surface area contributed by atoms with Crippen molar-refractivity contribution in [3.8, 4) is 6.07 Å². The fourth-order valence-corrected chi connectivity index (χ4v) is 4.31. The monoisotopic (exact) mass is 453 g/mol. The normalized spacial score (nSPS) is 15.1. The molecule has 0 atom stereocenters. The number of amides is 1. The number of nitrogens with zero attached hydrogens (tertiary/aromatic N) is 2. The Hall–Kier alpha value is -2.74. The van der Waals surface area contributed by atoms with Gasteiger partial charge in [-0.1, -0.05) is 48.3 Å². The second-order valence-electron chi connectivity index (χ2n) is 8.13. The molecule has 1 amide bonds. The highest BCUT2D eigenvalue weighted by Crippen LogP contribution is 2.42. The van der Waals surface area contributed by atoms with Crippen LogP contribution >= 0.6 is 23.2 Å². The van der Waals surface area contributed by atoms with Gasteiger partial charge < -0.3 is 10.2 Å². The van der Waals surface area contributed by atoms with E-state index in [0.29, 0.717) is 21.3 Å². The molecule has 0 saturated heterocycles. The fourth-order valence-electron chi connectivity index (χ4n) is 3.91. The number of halogens is 2. The van der Waals surface area contributed by atoms with Crippen LogP contribution in [-0.4, -0.2) is 18.0 Å². The van der Waals surface area contributed by atoms with Crippen LogP contribution in [0.5, 0.6) is 0 Å². The van der Waals surface area contributed by atoms with Crippen LogP contribution in [0.4, 0.5) is 11.4 Å². The standard InChI is InChI=1S/C25H25Cl2N3O/c1-5-10-30-23-13-21(27)17(12-19(23)16(2)14-25(30,3)4)11-18(15-28)24(31)29-22-9-7-6-8-20(22)26/h6-9,11-14H,5,10H2,1-4H3,(H,29,31)/b18-11+. The molecular formula is C25H25Cl2N3O. The molecule has 4 nitrogen and oxygen atoms in total. The summed E-state index contributed by atoms with van der Waals surface area (Å²) < 4.78 is 0. The summed E-state index contributed by atoms with van der Waals surface area (Å²) in [7, 11) is 0. The lowest BCUT2D eigenvalue weighted by Crippen LogP contribution is -2.45. The Morgan fingerprint density at radius 3 is 2.58 bits per heavy atom. The van der Waals surface area contributed by atoms with E-state index in [1.165, 1.54) is 6.08 Å². The van der Waals surface area contributed by atoms with Crippen molar-refractivity contribution >= 4 is 52.1 Å². The van der Waals surface area contributed by atoms with Crippen molar-refractivity contribution in [3.63, 3.8) is 0 Å². The quantitative estimate of drug-likeness (QED) is 0.393. The van der Waals surface area contributed by atoms with Crippen LogP contribution < -0.4 is 10.2 Å². The molecule has 1 N–H and O–H groups in total. The SMILES string of the molecule is CCCN1c2cc(Cl)c(/C=C(\C#N)C(=O)Nc3ccccc3Cl)cc2C(C)=CC1(C)C. The van der Waals surface area contributed by atoms with Crippen molar-refractivity contribution in [3.05, 3.63) is 69.2 Å². The molecule has 6 heteroatoms. The molecule has 0 fully saturated rings. The van der Waals surface area contributed by atoms with Crippen molar-refractivity contribution in [1.29, 1.82) is 5.26 Å². The highest BCUT2D eigenvalue weighted by Gasteiger charge is 2.31. The van der Waals surface area contributed by atoms with Crippen LogP contribution in [-0.2, 0) is 4.79 Å². The number of nitriles is 1. The van der Waals surface area contributed by atoms with Gasteiger partial charge in [-0.3, -0.25) is 4.79 Å². The van der Waals surface area contributed by atoms with Gasteiger partial charge in [-0.25, -0.2) is 0 Å². The number of carbonyl (C=O) groups excluding carboxylic acids is 1. The maximum absolute atomic E-state index is 12.7. The van der Waals surface area contributed by atoms with E-state index in [-0.39, 0.29) is 11.1 Å². The minimum atomic E-state index is -0.537. The Balaban J connectivity index is 2.01. The smallest absolute Gasteiger partial charge is 0.266 e. The Bertz CT molecular complexity index is 1130. The number of benzene rings is 2. The number of fused-ring (bicyclic) bond motifs is 1. The third-order valence-corrected chi connectivity index (χ3v) is 5.99. The van der Waals surface area contributed by atoms with Crippen LogP contribution in [0.15, 0.2) is 48.0 Å². The number of hydrogen-bond acceptors (Lipinski definition) is 3. The number of allylic oxidation sites excluding steroid dienone is 1. The number of hydrogen-bond donors (Lipinski definition) is 1. The summed E-state index contributed by atoms with van der Waals surface area (Å²) in [5.74, 6) is -0.537. The average Bonchev–Trinajstić information content (AvgIpc) is 2.71. The largest absolute Gasteiger partial charge is 0.362 e. The minimum Gasteiger partial charge on any atom is -0.362 e. The molecular weight excluding hydrogens is 429 g/mol. The second kappa shape index (κ2) is 9.18. The zero-order valence-corrected chi connectivity index (χ0v) is 19.6. The molecule has 1 aliphatic rings. The summed E-state index contributed by atoms with van der Waals surface area (Å²) in [4.78, 5) is 15.0. The van der Waals surface area contributed by atoms with E-state index in [9.17, 15) is 10.1 Å². The fraction of sp³-hybridized carbons (Fsp3) is 0.280. The molecule has 0 aliphatic carbocycles. The molecule has 0 saturated carbocycles. The van der Waals surface area contributed by atoms with Crippen molar-refractivity contribution in [2.75, 3.05) is 16.8 Å². The third kappa shape index (κ3) is 4.79. The minimum absolute atomic E-state index is 0.0510. The van der Waals surface area contributed by atoms with Crippen molar-refractivity contribution < 1.29 is 4.79 Å². The predicted octanol–water partition coefficient (Wildman–Crippen LogP) is 6.95. The van der Waals surface area contributed by atoms with Crippen LogP contribution in [0.1, 0.15) is 45.2 Å². The van der Waals surface area contributed by atoms with E-state index >= 15 is 0 Å². The zero-order valence-electron chi connectivity index (χ0n) is 18.1. The molecule has 1 heterocycles. The Kier molecular flexibility index (Phi) is 6.79. The number of carbonyl (C=O) groups is 1. The van der Waals surface area contributed by atoms with Gasteiger partial charge in [-0.2, -0.15) is 5.26 Å². The Morgan fingerprint density at radius 1 is 1.23 bits per heavy atom. The first-order chi connectivity index (χ1) is 14.7. The maximum atomic E-state index is 12.7. The topological polar surface area (TPSA) is 56.1 Å². The van der Waals surface area contributed by atoms with Gasteiger partial charge in [0.25, 0.3) is 5.91 Å². The molecule has 31 heavy (non-hydrogen) atoms. The van der Waals surface area contributed by atoms with Crippen molar-refractivity contribution in [2.24, 2.45) is 0 Å². The van der Waals surface area contributed by atoms with Gasteiger partial charge in [0.15, 0.2) is 0 Å². The van der Waals surface area contributed by atoms with E-state index in [1.807, 2.05) is 18.2 Å². The van der Waals surface area contributed by atoms with Crippen LogP contribution in [0.25, 0.3) is 11.6 Å². The lowest BCUT2D eigenvalue weighted by molar-refractivity contribution is -0.112. The number of rotatable bonds is 5. The van der Waals surface area contributed by atoms with Gasteiger partial charge in [-0.15, -0.1) is 0 Å². The molecule has 3 rings (SSSR count). The Morgan fingerprint density at radius 2 is 1.94 bits per heavy atom. The Labute approximate surface area is 193 Å². The molecule has 0 aromatic heterocycles. The number of nitrogens with one attached hydrogen (secondary N) is 1. The van der Waals surface area contributed by atoms with Gasteiger partial charge in [0, 0.05) is 22.8 Å². The van der Waals surface area contributed by atoms with Crippen molar-refractivity contribution in [1.82, 2.24) is 0 Å². The highest BCUT2D eigenvalue weighted by molar-refractivity contribution is 6.34. The molecule has 2 aromatic rings. The lowest BCUT2D eigenvalue weighted by Gasteiger charge is -2.43. The predicted molar refractivity (Wildman–Crippen MR) is 130 cm³/mol. The van der Waals surface area contributed by atoms with E-state index in [2.05, 4.69) is 44.0 Å². The average molecular weight is 454 g/mol. The summed E-state index contributed by atoms with van der Waals surface area (Å²) >= 11 is 12.7. The summed E-state index contributed by atoms with van der Waals surface area (Å²) in [5, 5.41) is 13.2. The van der Waals surface area contributed by atoms with Gasteiger partial charge in [0.05, 0.1) is 16.2 Å². The molecule has 2 aromatic carbocycles. The molecule has 0 bridgehead atoms. The van der Waals surface area contributed by atoms with Crippen LogP contribution in [0.2, 0.25) is 10.0 Å². The van der Waals surface area contributed by atoms with Gasteiger partial charge in [-0.05, 0) is 68.7 Å². The van der Waals surface area contributed by atoms with Gasteiger partial charge in [0.2, 0.25) is 0 Å². The maximum Gasteiger partial charge on any atom is 0.266 e. The summed E-state index contributed by atoms with van der Waals surface area (Å²) in [6, 6.07) is 12.7. The third-order valence-electron chi connectivity index (χ3n) is 5.33. The molecule has 160 valence electrons. The number of anilines is 2. The molecule has 0 spiro atoms. The van der Waals surface area contributed by atoms with Crippen molar-refractivity contribution in [2.45, 2.75) is 39.7 Å². The summed E-state index contributed by atoms with van der Waals surface area (Å²) in [5.41, 5.74) is 4.14. The summed E-state index contributed by atoms with van der Waals surface area (Å²) in [6.45, 7) is 9.49. The zero-order chi connectivity index (χ0) is 22.8. The van der Waals surface area contributed by atoms with Crippen LogP contribution in [0.3, 0.4) is 0 Å². The first-order valence-electron chi connectivity index (χ1n) is 10.2. The van der Waals surface area contributed by atoms with E-state index in [0.717, 1.165) is 29.8 Å². The van der Waals surface area contributed by atoms with Crippen LogP contribution in [0, 0.1) is 11.3 Å². The first-order valence-corrected chi connectivity index (χ1v) is 10.9.